The van der Waals surface area contributed by atoms with Crippen LogP contribution in [0.1, 0.15) is 29.3 Å². The van der Waals surface area contributed by atoms with Gasteiger partial charge in [-0.05, 0) is 24.6 Å². The number of nitrogens with zero attached hydrogens (tertiary/aromatic N) is 3. The molecule has 1 N–H and O–H groups in total. The number of carbonyl (C=O) groups excluding carboxylic acids is 2. The van der Waals surface area contributed by atoms with Crippen molar-refractivity contribution in [2.75, 3.05) is 46.4 Å². The highest BCUT2D eigenvalue weighted by atomic mass is 16.5. The minimum absolute atomic E-state index is 0.0430. The van der Waals surface area contributed by atoms with Crippen LogP contribution in [-0.2, 0) is 14.3 Å². The molecular weight excluding hydrogens is 396 g/mol. The van der Waals surface area contributed by atoms with Crippen LogP contribution in [0.15, 0.2) is 52.2 Å². The zero-order chi connectivity index (χ0) is 21.8. The number of hydrazone groups is 1. The summed E-state index contributed by atoms with van der Waals surface area (Å²) in [6.45, 7) is 4.83. The number of benzene rings is 1. The summed E-state index contributed by atoms with van der Waals surface area (Å²) < 4.78 is 10.9. The Morgan fingerprint density at radius 2 is 1.81 bits per heavy atom. The first-order chi connectivity index (χ1) is 15.0. The van der Waals surface area contributed by atoms with Crippen LogP contribution in [0, 0.1) is 6.92 Å². The van der Waals surface area contributed by atoms with Gasteiger partial charge in [0.05, 0.1) is 32.2 Å². The van der Waals surface area contributed by atoms with Gasteiger partial charge in [-0.2, -0.15) is 5.10 Å². The van der Waals surface area contributed by atoms with Gasteiger partial charge < -0.3 is 19.0 Å². The summed E-state index contributed by atoms with van der Waals surface area (Å²) in [6, 6.07) is 11.6. The molecule has 0 spiro atoms. The minimum Gasteiger partial charge on any atom is -0.467 e. The number of quaternary nitrogens is 1. The molecule has 4 rings (SSSR count). The molecule has 8 nitrogen and oxygen atoms in total. The van der Waals surface area contributed by atoms with Gasteiger partial charge in [-0.25, -0.2) is 5.01 Å². The Morgan fingerprint density at radius 1 is 1.10 bits per heavy atom. The minimum atomic E-state index is -0.276. The van der Waals surface area contributed by atoms with Crippen LogP contribution in [-0.4, -0.2) is 73.9 Å². The largest absolute Gasteiger partial charge is 0.467 e. The van der Waals surface area contributed by atoms with Crippen molar-refractivity contribution in [1.82, 2.24) is 9.91 Å². The van der Waals surface area contributed by atoms with Crippen molar-refractivity contribution in [2.24, 2.45) is 5.10 Å². The number of hydrogen-bond acceptors (Lipinski definition) is 5. The van der Waals surface area contributed by atoms with Crippen LogP contribution in [0.25, 0.3) is 0 Å². The molecule has 164 valence electrons. The molecule has 2 aliphatic rings. The van der Waals surface area contributed by atoms with Gasteiger partial charge in [-0.1, -0.05) is 29.8 Å². The van der Waals surface area contributed by atoms with Gasteiger partial charge in [0.1, 0.15) is 11.8 Å². The number of aryl methyl sites for hydroxylation is 1. The van der Waals surface area contributed by atoms with Crippen molar-refractivity contribution in [3.63, 3.8) is 0 Å². The highest BCUT2D eigenvalue weighted by molar-refractivity contribution is 6.03. The monoisotopic (exact) mass is 425 g/mol. The summed E-state index contributed by atoms with van der Waals surface area (Å²) in [4.78, 5) is 28.3. The summed E-state index contributed by atoms with van der Waals surface area (Å²) in [5.41, 5.74) is 3.03. The van der Waals surface area contributed by atoms with E-state index < -0.39 is 0 Å². The second-order valence-corrected chi connectivity index (χ2v) is 8.19. The molecule has 1 aromatic carbocycles. The lowest BCUT2D eigenvalue weighted by Crippen LogP contribution is -3.11. The molecular formula is C23H29N4O4+. The molecule has 1 fully saturated rings. The predicted molar refractivity (Wildman–Crippen MR) is 115 cm³/mol. The van der Waals surface area contributed by atoms with Gasteiger partial charge in [0.25, 0.3) is 11.8 Å². The van der Waals surface area contributed by atoms with Gasteiger partial charge in [-0.3, -0.25) is 9.59 Å². The smallest absolute Gasteiger partial charge is 0.298 e. The van der Waals surface area contributed by atoms with E-state index in [1.165, 1.54) is 10.6 Å². The van der Waals surface area contributed by atoms with E-state index >= 15 is 0 Å². The first kappa shape index (κ1) is 21.3. The molecule has 1 saturated heterocycles. The standard InChI is InChI=1S/C23H28N4O4/c1-17-5-7-18(8-6-17)19-14-20(21-4-3-11-31-21)27(24-19)23(29)16-25(2)15-22(28)26-9-12-30-13-10-26/h3-8,11,20H,9-10,12-16H2,1-2H3/p+1/t20-/m0/s1. The maximum atomic E-state index is 13.2. The van der Waals surface area contributed by atoms with Crippen LogP contribution in [0.3, 0.4) is 0 Å². The van der Waals surface area contributed by atoms with Crippen molar-refractivity contribution in [3.05, 3.63) is 59.5 Å². The summed E-state index contributed by atoms with van der Waals surface area (Å²) >= 11 is 0. The van der Waals surface area contributed by atoms with E-state index in [0.717, 1.165) is 16.2 Å². The second-order valence-electron chi connectivity index (χ2n) is 8.19. The molecule has 2 atom stereocenters. The van der Waals surface area contributed by atoms with Crippen LogP contribution >= 0.6 is 0 Å². The Hall–Kier alpha value is -2.97. The SMILES string of the molecule is Cc1ccc(C2=NN(C(=O)C[NH+](C)CC(=O)N3CCOCC3)[C@H](c3ccco3)C2)cc1. The van der Waals surface area contributed by atoms with E-state index in [1.807, 2.05) is 50.4 Å². The molecule has 2 amide bonds. The second kappa shape index (κ2) is 9.45. The van der Waals surface area contributed by atoms with E-state index in [9.17, 15) is 9.59 Å². The first-order valence-corrected chi connectivity index (χ1v) is 10.7. The number of likely N-dealkylation sites (N-methyl/N-ethyl adjacent to an activating group) is 1. The third-order valence-corrected chi connectivity index (χ3v) is 5.69. The van der Waals surface area contributed by atoms with Crippen molar-refractivity contribution in [3.8, 4) is 0 Å². The predicted octanol–water partition coefficient (Wildman–Crippen LogP) is 0.639. The molecule has 0 saturated carbocycles. The number of nitrogens with one attached hydrogen (secondary N) is 1. The van der Waals surface area contributed by atoms with E-state index in [0.29, 0.717) is 38.5 Å². The lowest BCUT2D eigenvalue weighted by Gasteiger charge is -2.28. The number of furan rings is 1. The number of ether oxygens (including phenoxy) is 1. The van der Waals surface area contributed by atoms with E-state index in [-0.39, 0.29) is 30.9 Å². The molecule has 0 radical (unpaired) electrons. The van der Waals surface area contributed by atoms with Gasteiger partial charge in [0.15, 0.2) is 13.1 Å². The van der Waals surface area contributed by atoms with Crippen LogP contribution < -0.4 is 4.90 Å². The average Bonchev–Trinajstić information content (AvgIpc) is 3.45. The fourth-order valence-electron chi connectivity index (χ4n) is 3.95. The molecule has 31 heavy (non-hydrogen) atoms. The highest BCUT2D eigenvalue weighted by Gasteiger charge is 2.36. The molecule has 1 aromatic heterocycles. The molecule has 2 aromatic rings. The number of amides is 2. The Bertz CT molecular complexity index is 933. The zero-order valence-electron chi connectivity index (χ0n) is 18.0. The number of morpholine rings is 1. The number of carbonyl (C=O) groups is 2. The third-order valence-electron chi connectivity index (χ3n) is 5.69. The Labute approximate surface area is 182 Å². The fraction of sp³-hybridized carbons (Fsp3) is 0.435. The van der Waals surface area contributed by atoms with Gasteiger partial charge in [0, 0.05) is 19.5 Å². The van der Waals surface area contributed by atoms with E-state index in [2.05, 4.69) is 5.10 Å². The summed E-state index contributed by atoms with van der Waals surface area (Å²) in [6.07, 6.45) is 2.20. The topological polar surface area (TPSA) is 79.8 Å². The van der Waals surface area contributed by atoms with Gasteiger partial charge in [-0.15, -0.1) is 0 Å². The molecule has 3 heterocycles. The Kier molecular flexibility index (Phi) is 6.48. The molecule has 0 bridgehead atoms. The third kappa shape index (κ3) is 5.03. The van der Waals surface area contributed by atoms with Crippen molar-refractivity contribution < 1.29 is 23.6 Å². The number of hydrogen-bond donors (Lipinski definition) is 1. The number of rotatable bonds is 6. The fourth-order valence-corrected chi connectivity index (χ4v) is 3.95. The van der Waals surface area contributed by atoms with E-state index in [4.69, 9.17) is 9.15 Å². The lowest BCUT2D eigenvalue weighted by molar-refractivity contribution is -0.863. The summed E-state index contributed by atoms with van der Waals surface area (Å²) in [5.74, 6) is 0.624. The van der Waals surface area contributed by atoms with Crippen molar-refractivity contribution in [1.29, 1.82) is 0 Å². The zero-order valence-corrected chi connectivity index (χ0v) is 18.0. The summed E-state index contributed by atoms with van der Waals surface area (Å²) in [7, 11) is 1.86. The quantitative estimate of drug-likeness (QED) is 0.737. The van der Waals surface area contributed by atoms with Crippen molar-refractivity contribution >= 4 is 17.5 Å². The van der Waals surface area contributed by atoms with Gasteiger partial charge in [0.2, 0.25) is 0 Å². The van der Waals surface area contributed by atoms with Crippen LogP contribution in [0.5, 0.6) is 0 Å². The Balaban J connectivity index is 1.45. The van der Waals surface area contributed by atoms with Crippen molar-refractivity contribution in [2.45, 2.75) is 19.4 Å². The average molecular weight is 426 g/mol. The molecule has 0 aliphatic carbocycles. The van der Waals surface area contributed by atoms with Crippen LogP contribution in [0.4, 0.5) is 0 Å². The maximum Gasteiger partial charge on any atom is 0.298 e. The highest BCUT2D eigenvalue weighted by Crippen LogP contribution is 2.32. The molecule has 1 unspecified atom stereocenters. The first-order valence-electron chi connectivity index (χ1n) is 10.7. The normalized spacial score (nSPS) is 19.9. The van der Waals surface area contributed by atoms with E-state index in [1.54, 1.807) is 11.2 Å². The van der Waals surface area contributed by atoms with Gasteiger partial charge >= 0.3 is 0 Å². The maximum absolute atomic E-state index is 13.2. The summed E-state index contributed by atoms with van der Waals surface area (Å²) in [5, 5.41) is 6.19. The molecule has 8 heteroatoms. The lowest BCUT2D eigenvalue weighted by atomic mass is 10.0. The van der Waals surface area contributed by atoms with Crippen LogP contribution in [0.2, 0.25) is 0 Å². The Morgan fingerprint density at radius 3 is 2.48 bits per heavy atom. The molecule has 2 aliphatic heterocycles.